The lowest BCUT2D eigenvalue weighted by Crippen LogP contribution is -2.17. The molecule has 0 fully saturated rings. The number of amides is 1. The molecule has 0 aliphatic carbocycles. The molecular formula is C15H13ClN2O3. The number of benzene rings is 2. The molecule has 0 radical (unpaired) electrons. The van der Waals surface area contributed by atoms with Crippen molar-refractivity contribution < 1.29 is 14.3 Å². The van der Waals surface area contributed by atoms with E-state index in [9.17, 15) is 4.79 Å². The standard InChI is InChI=1S/C15H13ClN2O3/c16-10-2-3-12(11(17)8-10)18-15(19)9-1-4-13-14(7-9)21-6-5-20-13/h1-4,7-8H,5-6,17H2,(H,18,19). The summed E-state index contributed by atoms with van der Waals surface area (Å²) >= 11 is 5.83. The van der Waals surface area contributed by atoms with Gasteiger partial charge in [0.25, 0.3) is 5.91 Å². The lowest BCUT2D eigenvalue weighted by Gasteiger charge is -2.18. The van der Waals surface area contributed by atoms with Crippen LogP contribution >= 0.6 is 11.6 Å². The number of nitrogens with one attached hydrogen (secondary N) is 1. The van der Waals surface area contributed by atoms with E-state index in [4.69, 9.17) is 26.8 Å². The summed E-state index contributed by atoms with van der Waals surface area (Å²) in [6, 6.07) is 9.95. The van der Waals surface area contributed by atoms with Crippen molar-refractivity contribution >= 4 is 28.9 Å². The molecule has 1 amide bonds. The molecular weight excluding hydrogens is 292 g/mol. The van der Waals surface area contributed by atoms with Crippen LogP contribution < -0.4 is 20.5 Å². The number of hydrogen-bond acceptors (Lipinski definition) is 4. The number of ether oxygens (including phenoxy) is 2. The van der Waals surface area contributed by atoms with Crippen LogP contribution in [0.25, 0.3) is 0 Å². The van der Waals surface area contributed by atoms with Crippen molar-refractivity contribution in [1.29, 1.82) is 0 Å². The minimum atomic E-state index is -0.277. The number of anilines is 2. The molecule has 6 heteroatoms. The van der Waals surface area contributed by atoms with Gasteiger partial charge in [0.15, 0.2) is 11.5 Å². The zero-order valence-electron chi connectivity index (χ0n) is 11.1. The maximum absolute atomic E-state index is 12.2. The smallest absolute Gasteiger partial charge is 0.255 e. The summed E-state index contributed by atoms with van der Waals surface area (Å²) in [6.45, 7) is 0.988. The number of carbonyl (C=O) groups is 1. The highest BCUT2D eigenvalue weighted by atomic mass is 35.5. The molecule has 0 unspecified atom stereocenters. The summed E-state index contributed by atoms with van der Waals surface area (Å²) in [5.74, 6) is 0.933. The van der Waals surface area contributed by atoms with Gasteiger partial charge in [0.05, 0.1) is 11.4 Å². The molecule has 0 spiro atoms. The summed E-state index contributed by atoms with van der Waals surface area (Å²) in [4.78, 5) is 12.2. The van der Waals surface area contributed by atoms with Crippen molar-refractivity contribution in [3.05, 3.63) is 47.0 Å². The van der Waals surface area contributed by atoms with Crippen LogP contribution in [-0.2, 0) is 0 Å². The minimum absolute atomic E-state index is 0.277. The molecule has 1 aliphatic rings. The molecule has 0 bridgehead atoms. The third kappa shape index (κ3) is 2.87. The third-order valence-corrected chi connectivity index (χ3v) is 3.30. The molecule has 1 aliphatic heterocycles. The first-order valence-corrected chi connectivity index (χ1v) is 6.77. The molecule has 3 rings (SSSR count). The van der Waals surface area contributed by atoms with Crippen LogP contribution in [0.4, 0.5) is 11.4 Å². The van der Waals surface area contributed by atoms with Crippen molar-refractivity contribution in [2.75, 3.05) is 24.3 Å². The second kappa shape index (κ2) is 5.54. The van der Waals surface area contributed by atoms with Crippen molar-refractivity contribution in [2.24, 2.45) is 0 Å². The number of fused-ring (bicyclic) bond motifs is 1. The van der Waals surface area contributed by atoms with Crippen LogP contribution in [0.15, 0.2) is 36.4 Å². The molecule has 0 saturated heterocycles. The van der Waals surface area contributed by atoms with Gasteiger partial charge in [-0.2, -0.15) is 0 Å². The maximum Gasteiger partial charge on any atom is 0.255 e. The van der Waals surface area contributed by atoms with Crippen LogP contribution in [0.2, 0.25) is 5.02 Å². The molecule has 3 N–H and O–H groups in total. The van der Waals surface area contributed by atoms with Crippen LogP contribution in [0.5, 0.6) is 11.5 Å². The largest absolute Gasteiger partial charge is 0.486 e. The van der Waals surface area contributed by atoms with E-state index in [1.807, 2.05) is 0 Å². The Morgan fingerprint density at radius 3 is 2.62 bits per heavy atom. The summed E-state index contributed by atoms with van der Waals surface area (Å²) in [6.07, 6.45) is 0. The highest BCUT2D eigenvalue weighted by Gasteiger charge is 2.15. The SMILES string of the molecule is Nc1cc(Cl)ccc1NC(=O)c1ccc2c(c1)OCCO2. The zero-order valence-corrected chi connectivity index (χ0v) is 11.8. The molecule has 108 valence electrons. The average Bonchev–Trinajstić information content (AvgIpc) is 2.49. The van der Waals surface area contributed by atoms with Gasteiger partial charge in [-0.1, -0.05) is 11.6 Å². The van der Waals surface area contributed by atoms with E-state index in [-0.39, 0.29) is 5.91 Å². The first-order chi connectivity index (χ1) is 10.1. The van der Waals surface area contributed by atoms with Gasteiger partial charge in [0.1, 0.15) is 13.2 Å². The number of halogens is 1. The van der Waals surface area contributed by atoms with E-state index < -0.39 is 0 Å². The molecule has 2 aromatic rings. The van der Waals surface area contributed by atoms with Gasteiger partial charge in [0, 0.05) is 10.6 Å². The molecule has 2 aromatic carbocycles. The Hall–Kier alpha value is -2.40. The van der Waals surface area contributed by atoms with Crippen LogP contribution in [0.1, 0.15) is 10.4 Å². The van der Waals surface area contributed by atoms with E-state index in [0.717, 1.165) is 0 Å². The number of nitrogens with two attached hydrogens (primary N) is 1. The Labute approximate surface area is 126 Å². The topological polar surface area (TPSA) is 73.6 Å². The predicted molar refractivity (Wildman–Crippen MR) is 81.2 cm³/mol. The van der Waals surface area contributed by atoms with Gasteiger partial charge >= 0.3 is 0 Å². The van der Waals surface area contributed by atoms with Gasteiger partial charge in [-0.25, -0.2) is 0 Å². The Bertz CT molecular complexity index is 703. The summed E-state index contributed by atoms with van der Waals surface area (Å²) < 4.78 is 10.9. The molecule has 21 heavy (non-hydrogen) atoms. The predicted octanol–water partition coefficient (Wildman–Crippen LogP) is 2.95. The summed E-state index contributed by atoms with van der Waals surface area (Å²) in [7, 11) is 0. The van der Waals surface area contributed by atoms with Crippen molar-refractivity contribution in [1.82, 2.24) is 0 Å². The van der Waals surface area contributed by atoms with Crippen molar-refractivity contribution in [2.45, 2.75) is 0 Å². The summed E-state index contributed by atoms with van der Waals surface area (Å²) in [5, 5.41) is 3.26. The molecule has 0 saturated carbocycles. The van der Waals surface area contributed by atoms with Gasteiger partial charge in [-0.15, -0.1) is 0 Å². The normalized spacial score (nSPS) is 12.8. The van der Waals surface area contributed by atoms with Gasteiger partial charge in [-0.3, -0.25) is 4.79 Å². The summed E-state index contributed by atoms with van der Waals surface area (Å²) in [5.41, 5.74) is 7.20. The van der Waals surface area contributed by atoms with Crippen molar-refractivity contribution in [3.8, 4) is 11.5 Å². The highest BCUT2D eigenvalue weighted by Crippen LogP contribution is 2.31. The first kappa shape index (κ1) is 13.6. The van der Waals surface area contributed by atoms with E-state index in [0.29, 0.717) is 46.7 Å². The van der Waals surface area contributed by atoms with Gasteiger partial charge < -0.3 is 20.5 Å². The van der Waals surface area contributed by atoms with Crippen molar-refractivity contribution in [3.63, 3.8) is 0 Å². The van der Waals surface area contributed by atoms with E-state index in [2.05, 4.69) is 5.32 Å². The first-order valence-electron chi connectivity index (χ1n) is 6.39. The lowest BCUT2D eigenvalue weighted by molar-refractivity contribution is 0.102. The molecule has 1 heterocycles. The second-order valence-corrected chi connectivity index (χ2v) is 4.98. The fourth-order valence-electron chi connectivity index (χ4n) is 2.03. The van der Waals surface area contributed by atoms with E-state index in [1.54, 1.807) is 36.4 Å². The van der Waals surface area contributed by atoms with Gasteiger partial charge in [0.2, 0.25) is 0 Å². The Morgan fingerprint density at radius 1 is 1.10 bits per heavy atom. The Balaban J connectivity index is 1.82. The molecule has 0 aromatic heterocycles. The minimum Gasteiger partial charge on any atom is -0.486 e. The monoisotopic (exact) mass is 304 g/mol. The zero-order chi connectivity index (χ0) is 14.8. The van der Waals surface area contributed by atoms with E-state index >= 15 is 0 Å². The van der Waals surface area contributed by atoms with Crippen LogP contribution in [0.3, 0.4) is 0 Å². The quantitative estimate of drug-likeness (QED) is 0.837. The second-order valence-electron chi connectivity index (χ2n) is 4.54. The molecule has 0 atom stereocenters. The van der Waals surface area contributed by atoms with E-state index in [1.165, 1.54) is 0 Å². The number of nitrogen functional groups attached to an aromatic ring is 1. The van der Waals surface area contributed by atoms with Gasteiger partial charge in [-0.05, 0) is 36.4 Å². The molecule has 5 nitrogen and oxygen atoms in total. The Kier molecular flexibility index (Phi) is 3.58. The highest BCUT2D eigenvalue weighted by molar-refractivity contribution is 6.31. The van der Waals surface area contributed by atoms with Crippen LogP contribution in [0, 0.1) is 0 Å². The number of carbonyl (C=O) groups excluding carboxylic acids is 1. The number of hydrogen-bond donors (Lipinski definition) is 2. The third-order valence-electron chi connectivity index (χ3n) is 3.07. The fourth-order valence-corrected chi connectivity index (χ4v) is 2.21. The maximum atomic E-state index is 12.2. The Morgan fingerprint density at radius 2 is 1.86 bits per heavy atom. The lowest BCUT2D eigenvalue weighted by atomic mass is 10.1. The average molecular weight is 305 g/mol. The number of rotatable bonds is 2. The fraction of sp³-hybridized carbons (Fsp3) is 0.133. The van der Waals surface area contributed by atoms with Crippen LogP contribution in [-0.4, -0.2) is 19.1 Å².